The van der Waals surface area contributed by atoms with Crippen molar-refractivity contribution in [2.75, 3.05) is 0 Å². The van der Waals surface area contributed by atoms with E-state index in [1.54, 1.807) is 12.2 Å². The van der Waals surface area contributed by atoms with Gasteiger partial charge in [0.1, 0.15) is 0 Å². The third-order valence-electron chi connectivity index (χ3n) is 3.23. The number of carboxylic acid groups (broad SMARTS) is 1. The maximum absolute atomic E-state index is 11.5. The highest BCUT2D eigenvalue weighted by atomic mass is 16.4. The molecule has 0 unspecified atom stereocenters. The van der Waals surface area contributed by atoms with Crippen LogP contribution in [-0.4, -0.2) is 46.4 Å². The van der Waals surface area contributed by atoms with Crippen molar-refractivity contribution in [3.8, 4) is 12.3 Å². The lowest BCUT2D eigenvalue weighted by Gasteiger charge is -2.20. The van der Waals surface area contributed by atoms with Crippen LogP contribution in [0.2, 0.25) is 0 Å². The van der Waals surface area contributed by atoms with Crippen LogP contribution in [-0.2, 0) is 4.79 Å². The molecule has 0 aromatic carbocycles. The van der Waals surface area contributed by atoms with E-state index in [4.69, 9.17) is 11.5 Å². The normalized spacial score (nSPS) is 22.3. The van der Waals surface area contributed by atoms with Crippen molar-refractivity contribution < 1.29 is 19.8 Å². The summed E-state index contributed by atoms with van der Waals surface area (Å²) in [5.74, 6) is 1.22. The number of carbonyl (C=O) groups is 2. The number of amides is 1. The molecule has 19 heavy (non-hydrogen) atoms. The molecule has 1 rings (SSSR count). The quantitative estimate of drug-likeness (QED) is 0.417. The van der Waals surface area contributed by atoms with Crippen LogP contribution in [0.4, 0.5) is 4.79 Å². The van der Waals surface area contributed by atoms with Crippen molar-refractivity contribution in [1.29, 1.82) is 0 Å². The first-order valence-corrected chi connectivity index (χ1v) is 6.26. The van der Waals surface area contributed by atoms with Crippen LogP contribution in [0.15, 0.2) is 12.2 Å². The maximum Gasteiger partial charge on any atom is 0.373 e. The number of carbonyl (C=O) groups excluding carboxylic acids is 1. The molecular weight excluding hydrogens is 245 g/mol. The predicted octanol–water partition coefficient (Wildman–Crippen LogP) is 0.583. The minimum absolute atomic E-state index is 0.0636. The molecule has 0 radical (unpaired) electrons. The van der Waals surface area contributed by atoms with Crippen molar-refractivity contribution in [3.63, 3.8) is 0 Å². The second kappa shape index (κ2) is 7.00. The highest BCUT2D eigenvalue weighted by Gasteiger charge is 2.31. The Hall–Kier alpha value is -1.74. The van der Waals surface area contributed by atoms with Gasteiger partial charge >= 0.3 is 7.41 Å². The summed E-state index contributed by atoms with van der Waals surface area (Å²) in [6.07, 6.45) is 9.19. The minimum atomic E-state index is -1.03. The summed E-state index contributed by atoms with van der Waals surface area (Å²) in [5, 5.41) is 18.6. The molecule has 6 heteroatoms. The minimum Gasteiger partial charge on any atom is -0.488 e. The van der Waals surface area contributed by atoms with Gasteiger partial charge in [0.05, 0.1) is 6.10 Å². The molecule has 102 valence electrons. The Bertz CT molecular complexity index is 415. The summed E-state index contributed by atoms with van der Waals surface area (Å²) in [6, 6.07) is -0.253. The molecule has 5 nitrogen and oxygen atoms in total. The predicted molar refractivity (Wildman–Crippen MR) is 72.8 cm³/mol. The van der Waals surface area contributed by atoms with E-state index in [0.717, 1.165) is 0 Å². The Kier molecular flexibility index (Phi) is 5.65. The van der Waals surface area contributed by atoms with Gasteiger partial charge in [0, 0.05) is 18.9 Å². The number of aliphatic hydroxyl groups excluding tert-OH is 1. The van der Waals surface area contributed by atoms with E-state index in [0.29, 0.717) is 19.3 Å². The summed E-state index contributed by atoms with van der Waals surface area (Å²) in [5.41, 5.74) is 0. The second-order valence-corrected chi connectivity index (χ2v) is 4.78. The largest absolute Gasteiger partial charge is 0.488 e. The summed E-state index contributed by atoms with van der Waals surface area (Å²) in [4.78, 5) is 23.5. The SMILES string of the molecule is C#CC[C@@H](C)[C@@H](O)/C=C/[C@H]1CCC(=O)N1BC(=O)O. The van der Waals surface area contributed by atoms with Crippen LogP contribution in [0.1, 0.15) is 26.2 Å². The Balaban J connectivity index is 2.62. The molecular formula is C13H18BNO4. The van der Waals surface area contributed by atoms with Crippen LogP contribution in [0.3, 0.4) is 0 Å². The standard InChI is InChI=1S/C13H18BNO4/c1-3-4-9(2)11(16)7-5-10-6-8-12(17)15(10)14-13(18)19/h1,5,7,9-11,14,16H,4,6,8H2,2H3,(H,18,19)/b7-5+/t9-,10+,11+/m1/s1. The third kappa shape index (κ3) is 4.45. The van der Waals surface area contributed by atoms with Gasteiger partial charge in [-0.15, -0.1) is 12.3 Å². The molecule has 1 aliphatic heterocycles. The Morgan fingerprint density at radius 3 is 3.00 bits per heavy atom. The van der Waals surface area contributed by atoms with E-state index >= 15 is 0 Å². The Morgan fingerprint density at radius 1 is 1.74 bits per heavy atom. The van der Waals surface area contributed by atoms with Crippen molar-refractivity contribution >= 4 is 19.2 Å². The molecule has 0 aromatic heterocycles. The maximum atomic E-state index is 11.5. The molecule has 2 N–H and O–H groups in total. The lowest BCUT2D eigenvalue weighted by molar-refractivity contribution is -0.124. The smallest absolute Gasteiger partial charge is 0.373 e. The molecule has 1 heterocycles. The van der Waals surface area contributed by atoms with E-state index in [1.165, 1.54) is 4.81 Å². The fraction of sp³-hybridized carbons (Fsp3) is 0.538. The number of rotatable bonds is 6. The van der Waals surface area contributed by atoms with Crippen molar-refractivity contribution in [2.45, 2.75) is 38.3 Å². The van der Waals surface area contributed by atoms with E-state index in [2.05, 4.69) is 5.92 Å². The van der Waals surface area contributed by atoms with Gasteiger partial charge in [-0.3, -0.25) is 9.59 Å². The van der Waals surface area contributed by atoms with Crippen molar-refractivity contribution in [3.05, 3.63) is 12.2 Å². The first-order chi connectivity index (χ1) is 8.95. The zero-order valence-corrected chi connectivity index (χ0v) is 11.0. The zero-order chi connectivity index (χ0) is 14.4. The van der Waals surface area contributed by atoms with Crippen molar-refractivity contribution in [1.82, 2.24) is 4.81 Å². The van der Waals surface area contributed by atoms with Gasteiger partial charge < -0.3 is 15.0 Å². The first kappa shape index (κ1) is 15.3. The van der Waals surface area contributed by atoms with Crippen LogP contribution in [0, 0.1) is 18.3 Å². The second-order valence-electron chi connectivity index (χ2n) is 4.78. The van der Waals surface area contributed by atoms with E-state index in [9.17, 15) is 14.7 Å². The van der Waals surface area contributed by atoms with Gasteiger partial charge in [-0.25, -0.2) is 0 Å². The molecule has 3 atom stereocenters. The molecule has 0 aromatic rings. The van der Waals surface area contributed by atoms with E-state index in [1.807, 2.05) is 6.92 Å². The van der Waals surface area contributed by atoms with E-state index < -0.39 is 12.0 Å². The molecule has 1 saturated heterocycles. The highest BCUT2D eigenvalue weighted by molar-refractivity contribution is 6.71. The average Bonchev–Trinajstić information content (AvgIpc) is 2.67. The molecule has 0 aliphatic carbocycles. The van der Waals surface area contributed by atoms with Crippen LogP contribution < -0.4 is 0 Å². The van der Waals surface area contributed by atoms with Gasteiger partial charge in [0.2, 0.25) is 5.91 Å². The molecule has 0 saturated carbocycles. The van der Waals surface area contributed by atoms with Crippen LogP contribution >= 0.6 is 0 Å². The summed E-state index contributed by atoms with van der Waals surface area (Å²) < 4.78 is 0. The van der Waals surface area contributed by atoms with Gasteiger partial charge in [-0.2, -0.15) is 0 Å². The Morgan fingerprint density at radius 2 is 2.42 bits per heavy atom. The number of terminal acetylenes is 1. The lowest BCUT2D eigenvalue weighted by atomic mass is 9.90. The fourth-order valence-corrected chi connectivity index (χ4v) is 2.05. The highest BCUT2D eigenvalue weighted by Crippen LogP contribution is 2.19. The number of aliphatic hydroxyl groups is 1. The van der Waals surface area contributed by atoms with Gasteiger partial charge in [0.15, 0.2) is 0 Å². The van der Waals surface area contributed by atoms with Crippen LogP contribution in [0.25, 0.3) is 0 Å². The molecule has 0 spiro atoms. The first-order valence-electron chi connectivity index (χ1n) is 6.26. The third-order valence-corrected chi connectivity index (χ3v) is 3.23. The molecule has 0 bridgehead atoms. The van der Waals surface area contributed by atoms with Gasteiger partial charge in [-0.05, 0) is 12.3 Å². The lowest BCUT2D eigenvalue weighted by Crippen LogP contribution is -2.39. The molecule has 1 aliphatic rings. The topological polar surface area (TPSA) is 77.8 Å². The van der Waals surface area contributed by atoms with Gasteiger partial charge in [0.25, 0.3) is 5.87 Å². The summed E-state index contributed by atoms with van der Waals surface area (Å²) in [7, 11) is -0.302. The number of hydrogen-bond acceptors (Lipinski definition) is 3. The van der Waals surface area contributed by atoms with E-state index in [-0.39, 0.29) is 25.3 Å². The van der Waals surface area contributed by atoms with Crippen molar-refractivity contribution in [2.24, 2.45) is 5.92 Å². The molecule has 1 amide bonds. The summed E-state index contributed by atoms with van der Waals surface area (Å²) >= 11 is 0. The zero-order valence-electron chi connectivity index (χ0n) is 11.0. The average molecular weight is 263 g/mol. The van der Waals surface area contributed by atoms with Gasteiger partial charge in [-0.1, -0.05) is 19.1 Å². The fourth-order valence-electron chi connectivity index (χ4n) is 2.05. The summed E-state index contributed by atoms with van der Waals surface area (Å²) in [6.45, 7) is 1.84. The van der Waals surface area contributed by atoms with Crippen LogP contribution in [0.5, 0.6) is 0 Å². The Labute approximate surface area is 113 Å². The molecule has 1 fully saturated rings. The number of nitrogens with zero attached hydrogens (tertiary/aromatic N) is 1. The number of hydrogen-bond donors (Lipinski definition) is 2. The monoisotopic (exact) mass is 263 g/mol.